The number of nitrogens with zero attached hydrogens (tertiary/aromatic N) is 1. The summed E-state index contributed by atoms with van der Waals surface area (Å²) in [5.74, 6) is -0.975. The normalized spacial score (nSPS) is 10.9. The second-order valence-corrected chi connectivity index (χ2v) is 7.15. The molecule has 0 saturated heterocycles. The molecule has 0 atom stereocenters. The van der Waals surface area contributed by atoms with Gasteiger partial charge in [-0.2, -0.15) is 0 Å². The van der Waals surface area contributed by atoms with Crippen LogP contribution in [0.4, 0.5) is 16.2 Å². The molecular weight excluding hydrogens is 422 g/mol. The zero-order chi connectivity index (χ0) is 22.6. The third-order valence-corrected chi connectivity index (χ3v) is 4.72. The van der Waals surface area contributed by atoms with Crippen LogP contribution in [0.5, 0.6) is 0 Å². The molecule has 2 aromatic carbocycles. The van der Waals surface area contributed by atoms with Crippen molar-refractivity contribution in [1.82, 2.24) is 5.32 Å². The molecule has 10 heteroatoms. The molecule has 0 heterocycles. The third kappa shape index (κ3) is 8.11. The van der Waals surface area contributed by atoms with E-state index >= 15 is 0 Å². The number of carbonyl (C=O) groups is 3. The van der Waals surface area contributed by atoms with E-state index in [1.165, 1.54) is 33.1 Å². The van der Waals surface area contributed by atoms with Gasteiger partial charge >= 0.3 is 12.1 Å². The number of alkyl carbamates (subject to hydrolysis) is 1. The van der Waals surface area contributed by atoms with Crippen LogP contribution in [-0.4, -0.2) is 51.7 Å². The van der Waals surface area contributed by atoms with Crippen molar-refractivity contribution in [3.8, 4) is 0 Å². The van der Waals surface area contributed by atoms with Crippen molar-refractivity contribution in [3.05, 3.63) is 48.5 Å². The summed E-state index contributed by atoms with van der Waals surface area (Å²) in [6, 6.07) is 15.0. The minimum absolute atomic E-state index is 0.00408. The predicted molar refractivity (Wildman–Crippen MR) is 117 cm³/mol. The van der Waals surface area contributed by atoms with Crippen LogP contribution < -0.4 is 10.6 Å². The first kappa shape index (κ1) is 23.9. The Morgan fingerprint density at radius 2 is 1.71 bits per heavy atom. The standard InChI is InChI=1S/C21H23N3O6S/c1-28-13-19(25)23-17-11-15(31-14-7-5-4-6-8-14)9-10-16(17)22-18(12-20(26)29-2)24-21(27)30-3/h4-11H,12-13H2,1-3H3,(H,23,25)(H,22,24,27). The quantitative estimate of drug-likeness (QED) is 0.364. The Labute approximate surface area is 184 Å². The van der Waals surface area contributed by atoms with Crippen LogP contribution in [0.15, 0.2) is 63.3 Å². The van der Waals surface area contributed by atoms with Crippen LogP contribution in [0.1, 0.15) is 6.42 Å². The Bertz CT molecular complexity index is 929. The van der Waals surface area contributed by atoms with Gasteiger partial charge in [0.2, 0.25) is 5.91 Å². The van der Waals surface area contributed by atoms with Crippen LogP contribution in [0.3, 0.4) is 0 Å². The van der Waals surface area contributed by atoms with Crippen molar-refractivity contribution in [2.45, 2.75) is 16.2 Å². The van der Waals surface area contributed by atoms with Crippen LogP contribution in [0.25, 0.3) is 0 Å². The Morgan fingerprint density at radius 3 is 2.35 bits per heavy atom. The molecule has 0 unspecified atom stereocenters. The van der Waals surface area contributed by atoms with Gasteiger partial charge in [-0.1, -0.05) is 30.0 Å². The van der Waals surface area contributed by atoms with Crippen LogP contribution in [0, 0.1) is 0 Å². The lowest BCUT2D eigenvalue weighted by atomic mass is 10.2. The van der Waals surface area contributed by atoms with Gasteiger partial charge in [-0.15, -0.1) is 0 Å². The number of carbonyl (C=O) groups excluding carboxylic acids is 3. The first-order valence-electron chi connectivity index (χ1n) is 9.10. The fraction of sp³-hybridized carbons (Fsp3) is 0.238. The molecule has 0 aliphatic rings. The van der Waals surface area contributed by atoms with Gasteiger partial charge in [-0.05, 0) is 30.3 Å². The number of ether oxygens (including phenoxy) is 3. The molecule has 164 valence electrons. The number of hydrogen-bond acceptors (Lipinski definition) is 8. The maximum atomic E-state index is 12.1. The van der Waals surface area contributed by atoms with E-state index in [1.54, 1.807) is 12.1 Å². The van der Waals surface area contributed by atoms with Gasteiger partial charge in [0.15, 0.2) is 0 Å². The summed E-state index contributed by atoms with van der Waals surface area (Å²) < 4.78 is 14.1. The lowest BCUT2D eigenvalue weighted by molar-refractivity contribution is -0.139. The third-order valence-electron chi connectivity index (χ3n) is 3.72. The van der Waals surface area contributed by atoms with Crippen molar-refractivity contribution >= 4 is 46.9 Å². The second kappa shape index (κ2) is 12.4. The largest absolute Gasteiger partial charge is 0.469 e. The first-order chi connectivity index (χ1) is 14.9. The highest BCUT2D eigenvalue weighted by Crippen LogP contribution is 2.34. The molecular formula is C21H23N3O6S. The predicted octanol–water partition coefficient (Wildman–Crippen LogP) is 3.37. The maximum absolute atomic E-state index is 12.1. The second-order valence-electron chi connectivity index (χ2n) is 6.00. The molecule has 0 radical (unpaired) electrons. The monoisotopic (exact) mass is 445 g/mol. The smallest absolute Gasteiger partial charge is 0.412 e. The molecule has 0 aliphatic carbocycles. The highest BCUT2D eigenvalue weighted by molar-refractivity contribution is 7.99. The molecule has 2 rings (SSSR count). The molecule has 2 amide bonds. The Hall–Kier alpha value is -3.37. The van der Waals surface area contributed by atoms with Gasteiger partial charge in [-0.3, -0.25) is 14.9 Å². The lowest BCUT2D eigenvalue weighted by Gasteiger charge is -2.12. The van der Waals surface area contributed by atoms with E-state index in [4.69, 9.17) is 4.74 Å². The van der Waals surface area contributed by atoms with E-state index in [2.05, 4.69) is 25.1 Å². The molecule has 2 N–H and O–H groups in total. The fourth-order valence-electron chi connectivity index (χ4n) is 2.35. The van der Waals surface area contributed by atoms with E-state index < -0.39 is 12.1 Å². The summed E-state index contributed by atoms with van der Waals surface area (Å²) in [4.78, 5) is 41.7. The van der Waals surface area contributed by atoms with Crippen LogP contribution in [-0.2, 0) is 23.8 Å². The zero-order valence-electron chi connectivity index (χ0n) is 17.3. The Kier molecular flexibility index (Phi) is 9.53. The number of rotatable bonds is 8. The molecule has 31 heavy (non-hydrogen) atoms. The van der Waals surface area contributed by atoms with Gasteiger partial charge in [0.05, 0.1) is 25.6 Å². The van der Waals surface area contributed by atoms with Crippen molar-refractivity contribution < 1.29 is 28.6 Å². The number of benzene rings is 2. The summed E-state index contributed by atoms with van der Waals surface area (Å²) in [5, 5.41) is 5.12. The molecule has 2 aromatic rings. The maximum Gasteiger partial charge on any atom is 0.412 e. The molecule has 0 fully saturated rings. The fourth-order valence-corrected chi connectivity index (χ4v) is 3.23. The summed E-state index contributed by atoms with van der Waals surface area (Å²) in [6.45, 7) is -0.144. The average Bonchev–Trinajstić information content (AvgIpc) is 2.76. The minimum atomic E-state index is -0.788. The Morgan fingerprint density at radius 1 is 0.968 bits per heavy atom. The number of nitrogens with one attached hydrogen (secondary N) is 2. The van der Waals surface area contributed by atoms with Crippen LogP contribution >= 0.6 is 11.8 Å². The van der Waals surface area contributed by atoms with E-state index in [0.29, 0.717) is 11.4 Å². The van der Waals surface area contributed by atoms with Crippen molar-refractivity contribution in [3.63, 3.8) is 0 Å². The Balaban J connectivity index is 2.41. The van der Waals surface area contributed by atoms with Crippen molar-refractivity contribution in [2.75, 3.05) is 33.3 Å². The topological polar surface area (TPSA) is 115 Å². The number of amidine groups is 1. The number of aliphatic imine (C=N–C) groups is 1. The summed E-state index contributed by atoms with van der Waals surface area (Å²) in [5.41, 5.74) is 0.717. The molecule has 0 bridgehead atoms. The van der Waals surface area contributed by atoms with E-state index in [-0.39, 0.29) is 24.8 Å². The number of hydrogen-bond donors (Lipinski definition) is 2. The van der Waals surface area contributed by atoms with Crippen molar-refractivity contribution in [2.24, 2.45) is 4.99 Å². The van der Waals surface area contributed by atoms with Gasteiger partial charge < -0.3 is 19.5 Å². The average molecular weight is 445 g/mol. The molecule has 0 aliphatic heterocycles. The molecule has 0 aromatic heterocycles. The lowest BCUT2D eigenvalue weighted by Crippen LogP contribution is -2.32. The van der Waals surface area contributed by atoms with Gasteiger partial charge in [0.1, 0.15) is 18.9 Å². The van der Waals surface area contributed by atoms with Crippen molar-refractivity contribution in [1.29, 1.82) is 0 Å². The summed E-state index contributed by atoms with van der Waals surface area (Å²) in [6.07, 6.45) is -1.08. The molecule has 0 spiro atoms. The van der Waals surface area contributed by atoms with E-state index in [1.807, 2.05) is 36.4 Å². The number of esters is 1. The number of methoxy groups -OCH3 is 3. The summed E-state index contributed by atoms with van der Waals surface area (Å²) >= 11 is 1.50. The summed E-state index contributed by atoms with van der Waals surface area (Å²) in [7, 11) is 3.83. The number of anilines is 1. The molecule has 9 nitrogen and oxygen atoms in total. The highest BCUT2D eigenvalue weighted by Gasteiger charge is 2.14. The minimum Gasteiger partial charge on any atom is -0.469 e. The first-order valence-corrected chi connectivity index (χ1v) is 9.92. The van der Waals surface area contributed by atoms with Gasteiger partial charge in [0, 0.05) is 16.9 Å². The zero-order valence-corrected chi connectivity index (χ0v) is 18.2. The van der Waals surface area contributed by atoms with Gasteiger partial charge in [0.25, 0.3) is 0 Å². The molecule has 0 saturated carbocycles. The van der Waals surface area contributed by atoms with Gasteiger partial charge in [-0.25, -0.2) is 9.79 Å². The SMILES string of the molecule is COCC(=O)Nc1cc(Sc2ccccc2)ccc1N=C(CC(=O)OC)NC(=O)OC. The number of amides is 2. The van der Waals surface area contributed by atoms with E-state index in [0.717, 1.165) is 9.79 Å². The van der Waals surface area contributed by atoms with E-state index in [9.17, 15) is 14.4 Å². The van der Waals surface area contributed by atoms with Crippen LogP contribution in [0.2, 0.25) is 0 Å². The highest BCUT2D eigenvalue weighted by atomic mass is 32.2.